The molecule has 1 aliphatic rings. The van der Waals surface area contributed by atoms with Gasteiger partial charge in [0.2, 0.25) is 0 Å². The SMILES string of the molecule is Cc1ccc(C)c(C(=O)N2CCc3ccc(C(=O)O)cc3C2)c1. The Morgan fingerprint density at radius 1 is 1.04 bits per heavy atom. The summed E-state index contributed by atoms with van der Waals surface area (Å²) in [4.78, 5) is 25.7. The molecule has 1 aliphatic heterocycles. The Morgan fingerprint density at radius 2 is 1.83 bits per heavy atom. The number of nitrogens with zero attached hydrogens (tertiary/aromatic N) is 1. The molecule has 0 radical (unpaired) electrons. The monoisotopic (exact) mass is 309 g/mol. The van der Waals surface area contributed by atoms with Crippen LogP contribution >= 0.6 is 0 Å². The summed E-state index contributed by atoms with van der Waals surface area (Å²) < 4.78 is 0. The van der Waals surface area contributed by atoms with Crippen molar-refractivity contribution in [3.05, 3.63) is 69.8 Å². The van der Waals surface area contributed by atoms with E-state index in [9.17, 15) is 9.59 Å². The van der Waals surface area contributed by atoms with E-state index in [0.717, 1.165) is 34.2 Å². The Labute approximate surface area is 135 Å². The number of hydrogen-bond acceptors (Lipinski definition) is 2. The van der Waals surface area contributed by atoms with Crippen LogP contribution in [0.15, 0.2) is 36.4 Å². The average Bonchev–Trinajstić information content (AvgIpc) is 2.55. The van der Waals surface area contributed by atoms with Crippen LogP contribution in [0, 0.1) is 13.8 Å². The third-order valence-corrected chi connectivity index (χ3v) is 4.38. The predicted molar refractivity (Wildman–Crippen MR) is 87.8 cm³/mol. The Kier molecular flexibility index (Phi) is 3.90. The summed E-state index contributed by atoms with van der Waals surface area (Å²) in [5.41, 5.74) is 5.07. The van der Waals surface area contributed by atoms with Crippen LogP contribution in [-0.2, 0) is 13.0 Å². The highest BCUT2D eigenvalue weighted by atomic mass is 16.4. The molecule has 0 bridgehead atoms. The third-order valence-electron chi connectivity index (χ3n) is 4.38. The van der Waals surface area contributed by atoms with Crippen molar-refractivity contribution in [2.45, 2.75) is 26.8 Å². The van der Waals surface area contributed by atoms with Gasteiger partial charge in [0.1, 0.15) is 0 Å². The van der Waals surface area contributed by atoms with Gasteiger partial charge in [-0.05, 0) is 55.2 Å². The van der Waals surface area contributed by atoms with Gasteiger partial charge in [-0.15, -0.1) is 0 Å². The van der Waals surface area contributed by atoms with Gasteiger partial charge in [-0.2, -0.15) is 0 Å². The van der Waals surface area contributed by atoms with Gasteiger partial charge in [-0.3, -0.25) is 4.79 Å². The van der Waals surface area contributed by atoms with Crippen LogP contribution in [0.2, 0.25) is 0 Å². The zero-order valence-corrected chi connectivity index (χ0v) is 13.3. The van der Waals surface area contributed by atoms with Crippen LogP contribution in [0.1, 0.15) is 43.0 Å². The minimum atomic E-state index is -0.939. The fourth-order valence-electron chi connectivity index (χ4n) is 3.00. The van der Waals surface area contributed by atoms with E-state index in [4.69, 9.17) is 5.11 Å². The summed E-state index contributed by atoms with van der Waals surface area (Å²) in [6, 6.07) is 11.0. The first-order valence-electron chi connectivity index (χ1n) is 7.67. The van der Waals surface area contributed by atoms with E-state index in [1.807, 2.05) is 38.1 Å². The number of carboxylic acid groups (broad SMARTS) is 1. The van der Waals surface area contributed by atoms with Gasteiger partial charge in [0, 0.05) is 18.7 Å². The van der Waals surface area contributed by atoms with Crippen LogP contribution in [0.5, 0.6) is 0 Å². The molecule has 118 valence electrons. The van der Waals surface area contributed by atoms with E-state index in [1.54, 1.807) is 17.0 Å². The molecule has 0 saturated heterocycles. The van der Waals surface area contributed by atoms with Crippen molar-refractivity contribution in [2.75, 3.05) is 6.54 Å². The fourth-order valence-corrected chi connectivity index (χ4v) is 3.00. The molecular weight excluding hydrogens is 290 g/mol. The van der Waals surface area contributed by atoms with Crippen LogP contribution in [0.4, 0.5) is 0 Å². The molecule has 0 saturated carbocycles. The Morgan fingerprint density at radius 3 is 2.57 bits per heavy atom. The molecule has 0 fully saturated rings. The van der Waals surface area contributed by atoms with Crippen molar-refractivity contribution in [2.24, 2.45) is 0 Å². The second-order valence-electron chi connectivity index (χ2n) is 6.08. The number of aromatic carboxylic acids is 1. The highest BCUT2D eigenvalue weighted by molar-refractivity contribution is 5.96. The van der Waals surface area contributed by atoms with Crippen LogP contribution in [0.3, 0.4) is 0 Å². The van der Waals surface area contributed by atoms with E-state index >= 15 is 0 Å². The van der Waals surface area contributed by atoms with E-state index < -0.39 is 5.97 Å². The molecular formula is C19H19NO3. The number of hydrogen-bond donors (Lipinski definition) is 1. The van der Waals surface area contributed by atoms with E-state index in [1.165, 1.54) is 0 Å². The van der Waals surface area contributed by atoms with Crippen LogP contribution in [-0.4, -0.2) is 28.4 Å². The summed E-state index contributed by atoms with van der Waals surface area (Å²) in [5.74, 6) is -0.927. The minimum absolute atomic E-state index is 0.0116. The number of aryl methyl sites for hydroxylation is 2. The van der Waals surface area contributed by atoms with Crippen molar-refractivity contribution in [3.63, 3.8) is 0 Å². The number of rotatable bonds is 2. The van der Waals surface area contributed by atoms with Crippen LogP contribution < -0.4 is 0 Å². The largest absolute Gasteiger partial charge is 0.478 e. The second-order valence-corrected chi connectivity index (χ2v) is 6.08. The quantitative estimate of drug-likeness (QED) is 0.927. The number of amides is 1. The van der Waals surface area contributed by atoms with Crippen molar-refractivity contribution in [1.82, 2.24) is 4.90 Å². The van der Waals surface area contributed by atoms with Crippen molar-refractivity contribution < 1.29 is 14.7 Å². The highest BCUT2D eigenvalue weighted by Gasteiger charge is 2.23. The van der Waals surface area contributed by atoms with Crippen molar-refractivity contribution in [3.8, 4) is 0 Å². The molecule has 0 unspecified atom stereocenters. The van der Waals surface area contributed by atoms with E-state index in [-0.39, 0.29) is 11.5 Å². The molecule has 4 nitrogen and oxygen atoms in total. The lowest BCUT2D eigenvalue weighted by Gasteiger charge is -2.29. The minimum Gasteiger partial charge on any atom is -0.478 e. The van der Waals surface area contributed by atoms with Gasteiger partial charge in [0.15, 0.2) is 0 Å². The lowest BCUT2D eigenvalue weighted by molar-refractivity contribution is 0.0696. The van der Waals surface area contributed by atoms with Gasteiger partial charge >= 0.3 is 5.97 Å². The summed E-state index contributed by atoms with van der Waals surface area (Å²) >= 11 is 0. The summed E-state index contributed by atoms with van der Waals surface area (Å²) in [5, 5.41) is 9.13. The molecule has 4 heteroatoms. The smallest absolute Gasteiger partial charge is 0.335 e. The maximum atomic E-state index is 12.8. The molecule has 3 rings (SSSR count). The maximum absolute atomic E-state index is 12.8. The van der Waals surface area contributed by atoms with Gasteiger partial charge in [0.05, 0.1) is 5.56 Å². The molecule has 0 atom stereocenters. The number of carbonyl (C=O) groups excluding carboxylic acids is 1. The molecule has 23 heavy (non-hydrogen) atoms. The highest BCUT2D eigenvalue weighted by Crippen LogP contribution is 2.23. The van der Waals surface area contributed by atoms with E-state index in [2.05, 4.69) is 0 Å². The second kappa shape index (κ2) is 5.88. The molecule has 1 amide bonds. The first-order valence-corrected chi connectivity index (χ1v) is 7.67. The van der Waals surface area contributed by atoms with Crippen molar-refractivity contribution in [1.29, 1.82) is 0 Å². The number of benzene rings is 2. The van der Waals surface area contributed by atoms with Crippen LogP contribution in [0.25, 0.3) is 0 Å². The van der Waals surface area contributed by atoms with Crippen molar-refractivity contribution >= 4 is 11.9 Å². The molecule has 1 N–H and O–H groups in total. The fraction of sp³-hybridized carbons (Fsp3) is 0.263. The van der Waals surface area contributed by atoms with E-state index in [0.29, 0.717) is 13.1 Å². The van der Waals surface area contributed by atoms with Gasteiger partial charge in [-0.25, -0.2) is 4.79 Å². The average molecular weight is 309 g/mol. The lowest BCUT2D eigenvalue weighted by Crippen LogP contribution is -2.36. The van der Waals surface area contributed by atoms with Gasteiger partial charge in [-0.1, -0.05) is 23.8 Å². The molecule has 1 heterocycles. The summed E-state index contributed by atoms with van der Waals surface area (Å²) in [6.45, 7) is 5.03. The molecule has 0 spiro atoms. The molecule has 2 aromatic rings. The Balaban J connectivity index is 1.89. The number of fused-ring (bicyclic) bond motifs is 1. The standard InChI is InChI=1S/C19H19NO3/c1-12-3-4-13(2)17(9-12)18(21)20-8-7-14-5-6-15(19(22)23)10-16(14)11-20/h3-6,9-10H,7-8,11H2,1-2H3,(H,22,23). The van der Waals surface area contributed by atoms with Gasteiger partial charge < -0.3 is 10.0 Å². The zero-order valence-electron chi connectivity index (χ0n) is 13.3. The maximum Gasteiger partial charge on any atom is 0.335 e. The molecule has 0 aliphatic carbocycles. The number of carboxylic acids is 1. The predicted octanol–water partition coefficient (Wildman–Crippen LogP) is 3.20. The summed E-state index contributed by atoms with van der Waals surface area (Å²) in [6.07, 6.45) is 0.756. The van der Waals surface area contributed by atoms with Gasteiger partial charge in [0.25, 0.3) is 5.91 Å². The first kappa shape index (κ1) is 15.3. The zero-order chi connectivity index (χ0) is 16.6. The Bertz CT molecular complexity index is 795. The molecule has 2 aromatic carbocycles. The Hall–Kier alpha value is -2.62. The summed E-state index contributed by atoms with van der Waals surface area (Å²) in [7, 11) is 0. The topological polar surface area (TPSA) is 57.6 Å². The number of carbonyl (C=O) groups is 2. The first-order chi connectivity index (χ1) is 11.0. The lowest BCUT2D eigenvalue weighted by atomic mass is 9.96. The molecule has 0 aromatic heterocycles. The third kappa shape index (κ3) is 2.97. The normalized spacial score (nSPS) is 13.6.